The minimum absolute atomic E-state index is 0.0720. The number of hydrogen-bond acceptors (Lipinski definition) is 2. The van der Waals surface area contributed by atoms with E-state index in [1.165, 1.54) is 0 Å². The Morgan fingerprint density at radius 3 is 2.23 bits per heavy atom. The Morgan fingerprint density at radius 2 is 1.62 bits per heavy atom. The van der Waals surface area contributed by atoms with Crippen molar-refractivity contribution in [3.8, 4) is 0 Å². The van der Waals surface area contributed by atoms with Gasteiger partial charge in [0.05, 0.1) is 6.10 Å². The van der Waals surface area contributed by atoms with Gasteiger partial charge in [-0.05, 0) is 42.2 Å². The highest BCUT2D eigenvalue weighted by Crippen LogP contribution is 2.30. The number of carbonyl (C=O) groups is 1. The summed E-state index contributed by atoms with van der Waals surface area (Å²) in [5, 5.41) is 0. The van der Waals surface area contributed by atoms with Crippen molar-refractivity contribution in [2.75, 3.05) is 7.11 Å². The van der Waals surface area contributed by atoms with Gasteiger partial charge in [-0.25, -0.2) is 0 Å². The number of rotatable bonds is 8. The van der Waals surface area contributed by atoms with Crippen molar-refractivity contribution in [2.45, 2.75) is 53.1 Å². The van der Waals surface area contributed by atoms with Crippen LogP contribution in [-0.4, -0.2) is 19.0 Å². The number of carbonyl (C=O) groups excluding carboxylic acids is 1. The van der Waals surface area contributed by atoms with Crippen molar-refractivity contribution in [2.24, 2.45) is 11.3 Å². The van der Waals surface area contributed by atoms with Crippen LogP contribution in [0.15, 0.2) is 54.6 Å². The molecule has 140 valence electrons. The molecule has 0 bridgehead atoms. The summed E-state index contributed by atoms with van der Waals surface area (Å²) < 4.78 is 5.72. The molecule has 0 radical (unpaired) electrons. The van der Waals surface area contributed by atoms with Crippen LogP contribution >= 0.6 is 0 Å². The van der Waals surface area contributed by atoms with E-state index in [9.17, 15) is 4.79 Å². The fourth-order valence-electron chi connectivity index (χ4n) is 3.03. The van der Waals surface area contributed by atoms with E-state index >= 15 is 0 Å². The van der Waals surface area contributed by atoms with E-state index in [-0.39, 0.29) is 11.9 Å². The summed E-state index contributed by atoms with van der Waals surface area (Å²) in [6.07, 6.45) is 3.20. The van der Waals surface area contributed by atoms with Gasteiger partial charge >= 0.3 is 0 Å². The molecular weight excluding hydrogens is 320 g/mol. The molecule has 2 heteroatoms. The fraction of sp³-hybridized carbons (Fsp3) is 0.458. The first kappa shape index (κ1) is 20.4. The van der Waals surface area contributed by atoms with E-state index in [0.717, 1.165) is 36.0 Å². The number of benzene rings is 2. The lowest BCUT2D eigenvalue weighted by Gasteiger charge is -2.28. The van der Waals surface area contributed by atoms with Crippen molar-refractivity contribution in [1.29, 1.82) is 0 Å². The molecule has 0 aliphatic carbocycles. The van der Waals surface area contributed by atoms with Crippen molar-refractivity contribution < 1.29 is 9.53 Å². The lowest BCUT2D eigenvalue weighted by Crippen LogP contribution is -2.21. The molecule has 2 aromatic carbocycles. The zero-order valence-corrected chi connectivity index (χ0v) is 16.8. The molecule has 0 heterocycles. The molecule has 0 aliphatic rings. The maximum atomic E-state index is 12.6. The third-order valence-corrected chi connectivity index (χ3v) is 5.42. The van der Waals surface area contributed by atoms with Crippen molar-refractivity contribution in [1.82, 2.24) is 0 Å². The normalized spacial score (nSPS) is 14.0. The quantitative estimate of drug-likeness (QED) is 0.550. The molecular formula is C24H32O2. The number of ether oxygens (including phenoxy) is 1. The summed E-state index contributed by atoms with van der Waals surface area (Å²) in [7, 11) is 1.78. The van der Waals surface area contributed by atoms with Crippen LogP contribution in [0.25, 0.3) is 0 Å². The van der Waals surface area contributed by atoms with Gasteiger partial charge in [-0.2, -0.15) is 0 Å². The first-order valence-corrected chi connectivity index (χ1v) is 9.52. The van der Waals surface area contributed by atoms with E-state index in [0.29, 0.717) is 11.3 Å². The van der Waals surface area contributed by atoms with Crippen LogP contribution in [0.2, 0.25) is 0 Å². The van der Waals surface area contributed by atoms with Crippen LogP contribution in [0.1, 0.15) is 62.0 Å². The predicted molar refractivity (Wildman–Crippen MR) is 109 cm³/mol. The summed E-state index contributed by atoms with van der Waals surface area (Å²) in [6.45, 7) is 9.18. The fourth-order valence-corrected chi connectivity index (χ4v) is 3.03. The Bertz CT molecular complexity index is 698. The summed E-state index contributed by atoms with van der Waals surface area (Å²) in [5.74, 6) is 0.717. The van der Waals surface area contributed by atoms with Crippen LogP contribution in [-0.2, 0) is 11.2 Å². The van der Waals surface area contributed by atoms with Gasteiger partial charge in [0.2, 0.25) is 0 Å². The molecule has 0 fully saturated rings. The largest absolute Gasteiger partial charge is 0.381 e. The first-order chi connectivity index (χ1) is 12.3. The van der Waals surface area contributed by atoms with Gasteiger partial charge in [-0.1, -0.05) is 76.2 Å². The SMILES string of the molecule is COC(CCC(C)C(C)(C)C)Cc1cccc(C(=O)c2ccccc2)c1. The van der Waals surface area contributed by atoms with E-state index in [2.05, 4.69) is 33.8 Å². The Hall–Kier alpha value is -1.93. The van der Waals surface area contributed by atoms with Crippen LogP contribution in [0.4, 0.5) is 0 Å². The molecule has 0 aliphatic heterocycles. The Kier molecular flexibility index (Phi) is 7.16. The number of ketones is 1. The van der Waals surface area contributed by atoms with Gasteiger partial charge in [0, 0.05) is 18.2 Å². The predicted octanol–water partition coefficient (Wildman–Crippen LogP) is 5.94. The van der Waals surface area contributed by atoms with Crippen LogP contribution in [0, 0.1) is 11.3 Å². The van der Waals surface area contributed by atoms with Crippen LogP contribution < -0.4 is 0 Å². The third kappa shape index (κ3) is 5.81. The average molecular weight is 353 g/mol. The molecule has 0 saturated heterocycles. The second-order valence-corrected chi connectivity index (χ2v) is 8.30. The molecule has 2 rings (SSSR count). The van der Waals surface area contributed by atoms with Crippen LogP contribution in [0.3, 0.4) is 0 Å². The number of methoxy groups -OCH3 is 1. The molecule has 0 amide bonds. The van der Waals surface area contributed by atoms with E-state index in [4.69, 9.17) is 4.74 Å². The molecule has 0 saturated carbocycles. The topological polar surface area (TPSA) is 26.3 Å². The zero-order chi connectivity index (χ0) is 19.2. The maximum Gasteiger partial charge on any atom is 0.193 e. The number of hydrogen-bond donors (Lipinski definition) is 0. The second-order valence-electron chi connectivity index (χ2n) is 8.30. The molecule has 2 aromatic rings. The highest BCUT2D eigenvalue weighted by Gasteiger charge is 2.21. The summed E-state index contributed by atoms with van der Waals surface area (Å²) in [6, 6.07) is 17.4. The monoisotopic (exact) mass is 352 g/mol. The van der Waals surface area contributed by atoms with Crippen molar-refractivity contribution in [3.05, 3.63) is 71.3 Å². The van der Waals surface area contributed by atoms with Gasteiger partial charge in [0.25, 0.3) is 0 Å². The minimum atomic E-state index is 0.0720. The second kappa shape index (κ2) is 9.14. The van der Waals surface area contributed by atoms with Gasteiger partial charge in [-0.3, -0.25) is 4.79 Å². The molecule has 0 spiro atoms. The minimum Gasteiger partial charge on any atom is -0.381 e. The Labute approximate surface area is 158 Å². The standard InChI is InChI=1S/C24H32O2/c1-18(24(2,3)4)14-15-22(26-5)17-19-10-9-13-21(16-19)23(25)20-11-7-6-8-12-20/h6-13,16,18,22H,14-15,17H2,1-5H3. The van der Waals surface area contributed by atoms with E-state index < -0.39 is 0 Å². The maximum absolute atomic E-state index is 12.6. The molecule has 2 atom stereocenters. The smallest absolute Gasteiger partial charge is 0.193 e. The summed E-state index contributed by atoms with van der Waals surface area (Å²) in [5.41, 5.74) is 2.95. The first-order valence-electron chi connectivity index (χ1n) is 9.52. The molecule has 2 nitrogen and oxygen atoms in total. The summed E-state index contributed by atoms with van der Waals surface area (Å²) >= 11 is 0. The van der Waals surface area contributed by atoms with Crippen molar-refractivity contribution in [3.63, 3.8) is 0 Å². The molecule has 26 heavy (non-hydrogen) atoms. The van der Waals surface area contributed by atoms with Crippen LogP contribution in [0.5, 0.6) is 0 Å². The third-order valence-electron chi connectivity index (χ3n) is 5.42. The Balaban J connectivity index is 2.03. The highest BCUT2D eigenvalue weighted by atomic mass is 16.5. The molecule has 0 aromatic heterocycles. The van der Waals surface area contributed by atoms with Gasteiger partial charge < -0.3 is 4.74 Å². The zero-order valence-electron chi connectivity index (χ0n) is 16.8. The summed E-state index contributed by atoms with van der Waals surface area (Å²) in [4.78, 5) is 12.6. The van der Waals surface area contributed by atoms with E-state index in [1.54, 1.807) is 7.11 Å². The van der Waals surface area contributed by atoms with Gasteiger partial charge in [0.15, 0.2) is 5.78 Å². The van der Waals surface area contributed by atoms with E-state index in [1.807, 2.05) is 48.5 Å². The lowest BCUT2D eigenvalue weighted by atomic mass is 9.79. The lowest BCUT2D eigenvalue weighted by molar-refractivity contribution is 0.0827. The van der Waals surface area contributed by atoms with Gasteiger partial charge in [0.1, 0.15) is 0 Å². The average Bonchev–Trinajstić information content (AvgIpc) is 2.64. The highest BCUT2D eigenvalue weighted by molar-refractivity contribution is 6.09. The molecule has 2 unspecified atom stereocenters. The molecule has 0 N–H and O–H groups in total. The van der Waals surface area contributed by atoms with Gasteiger partial charge in [-0.15, -0.1) is 0 Å². The Morgan fingerprint density at radius 1 is 0.962 bits per heavy atom. The van der Waals surface area contributed by atoms with Crippen molar-refractivity contribution >= 4 is 5.78 Å².